The molecule has 1 aromatic carbocycles. The Kier molecular flexibility index (Phi) is 6.04. The van der Waals surface area contributed by atoms with Crippen molar-refractivity contribution in [3.8, 4) is 0 Å². The molecule has 3 aromatic rings. The summed E-state index contributed by atoms with van der Waals surface area (Å²) in [6.45, 7) is 6.05. The monoisotopic (exact) mass is 406 g/mol. The van der Waals surface area contributed by atoms with Crippen LogP contribution in [0, 0.1) is 13.8 Å². The minimum Gasteiger partial charge on any atom is -0.377 e. The zero-order chi connectivity index (χ0) is 20.9. The number of nitrogens with one attached hydrogen (secondary N) is 2. The van der Waals surface area contributed by atoms with Crippen LogP contribution >= 0.6 is 0 Å². The maximum Gasteiger partial charge on any atom is 0.292 e. The van der Waals surface area contributed by atoms with Crippen molar-refractivity contribution in [3.63, 3.8) is 0 Å². The number of rotatable bonds is 6. The van der Waals surface area contributed by atoms with Gasteiger partial charge in [0.15, 0.2) is 0 Å². The Labute approximate surface area is 175 Å². The number of carbonyl (C=O) groups is 1. The van der Waals surface area contributed by atoms with Gasteiger partial charge in [0, 0.05) is 30.5 Å². The van der Waals surface area contributed by atoms with Crippen LogP contribution in [-0.4, -0.2) is 57.3 Å². The molecule has 1 aliphatic rings. The summed E-state index contributed by atoms with van der Waals surface area (Å²) in [4.78, 5) is 24.3. The van der Waals surface area contributed by atoms with E-state index in [2.05, 4.69) is 25.5 Å². The fraction of sp³-hybridized carbons (Fsp3) is 0.364. The number of amides is 1. The molecule has 2 N–H and O–H groups in total. The number of ether oxygens (including phenoxy) is 1. The van der Waals surface area contributed by atoms with Gasteiger partial charge in [0.2, 0.25) is 5.82 Å². The molecule has 2 aromatic heterocycles. The Bertz CT molecular complexity index is 990. The van der Waals surface area contributed by atoms with Gasteiger partial charge in [-0.15, -0.1) is 0 Å². The van der Waals surface area contributed by atoms with Gasteiger partial charge in [0.05, 0.1) is 25.5 Å². The quantitative estimate of drug-likeness (QED) is 0.653. The second kappa shape index (κ2) is 9.04. The van der Waals surface area contributed by atoms with Crippen LogP contribution in [0.25, 0.3) is 0 Å². The van der Waals surface area contributed by atoms with Crippen LogP contribution in [0.1, 0.15) is 39.0 Å². The number of nitrogens with zero attached hydrogens (tertiary/aromatic N) is 4. The molecule has 0 spiro atoms. The van der Waals surface area contributed by atoms with E-state index in [4.69, 9.17) is 4.74 Å². The average Bonchev–Trinajstić information content (AvgIpc) is 3.30. The lowest BCUT2D eigenvalue weighted by molar-refractivity contribution is -0.00335. The predicted octanol–water partition coefficient (Wildman–Crippen LogP) is 2.68. The molecule has 0 radical (unpaired) electrons. The highest BCUT2D eigenvalue weighted by Gasteiger charge is 2.31. The predicted molar refractivity (Wildman–Crippen MR) is 113 cm³/mol. The summed E-state index contributed by atoms with van der Waals surface area (Å²) < 4.78 is 5.65. The number of benzene rings is 1. The van der Waals surface area contributed by atoms with Crippen molar-refractivity contribution < 1.29 is 9.53 Å². The first kappa shape index (κ1) is 20.0. The Morgan fingerprint density at radius 2 is 2.10 bits per heavy atom. The van der Waals surface area contributed by atoms with Gasteiger partial charge >= 0.3 is 0 Å². The molecule has 1 fully saturated rings. The first-order valence-corrected chi connectivity index (χ1v) is 10.1. The van der Waals surface area contributed by atoms with Crippen molar-refractivity contribution in [3.05, 3.63) is 70.9 Å². The second-order valence-electron chi connectivity index (χ2n) is 7.39. The highest BCUT2D eigenvalue weighted by Crippen LogP contribution is 2.26. The molecule has 4 rings (SSSR count). The summed E-state index contributed by atoms with van der Waals surface area (Å²) >= 11 is 0. The number of aromatic amines is 1. The minimum atomic E-state index is -0.173. The molecule has 1 atom stereocenters. The topological polar surface area (TPSA) is 96.0 Å². The van der Waals surface area contributed by atoms with Gasteiger partial charge in [-0.2, -0.15) is 5.10 Å². The maximum atomic E-state index is 13.4. The van der Waals surface area contributed by atoms with Crippen molar-refractivity contribution in [1.82, 2.24) is 25.1 Å². The highest BCUT2D eigenvalue weighted by atomic mass is 16.5. The molecule has 0 aliphatic carbocycles. The highest BCUT2D eigenvalue weighted by molar-refractivity contribution is 5.91. The lowest BCUT2D eigenvalue weighted by Crippen LogP contribution is -2.44. The van der Waals surface area contributed by atoms with E-state index in [0.29, 0.717) is 32.1 Å². The fourth-order valence-corrected chi connectivity index (χ4v) is 3.56. The van der Waals surface area contributed by atoms with Crippen LogP contribution in [0.4, 0.5) is 5.82 Å². The van der Waals surface area contributed by atoms with E-state index in [1.807, 2.05) is 55.3 Å². The van der Waals surface area contributed by atoms with Crippen LogP contribution in [-0.2, 0) is 11.2 Å². The molecule has 8 nitrogen and oxygen atoms in total. The van der Waals surface area contributed by atoms with Crippen LogP contribution in [0.3, 0.4) is 0 Å². The second-order valence-corrected chi connectivity index (χ2v) is 7.39. The minimum absolute atomic E-state index is 0.143. The third kappa shape index (κ3) is 4.33. The number of H-pyrrole nitrogens is 1. The van der Waals surface area contributed by atoms with Crippen LogP contribution in [0.2, 0.25) is 0 Å². The molecular formula is C22H26N6O2. The van der Waals surface area contributed by atoms with Gasteiger partial charge in [0.1, 0.15) is 5.82 Å². The van der Waals surface area contributed by atoms with Gasteiger partial charge in [-0.1, -0.05) is 30.3 Å². The normalized spacial score (nSPS) is 16.5. The zero-order valence-electron chi connectivity index (χ0n) is 17.3. The summed E-state index contributed by atoms with van der Waals surface area (Å²) in [6, 6.07) is 9.80. The van der Waals surface area contributed by atoms with E-state index < -0.39 is 0 Å². The Morgan fingerprint density at radius 3 is 2.87 bits per heavy atom. The summed E-state index contributed by atoms with van der Waals surface area (Å²) in [7, 11) is 0. The fourth-order valence-electron chi connectivity index (χ4n) is 3.56. The zero-order valence-corrected chi connectivity index (χ0v) is 17.3. The number of morpholine rings is 1. The molecule has 0 unspecified atom stereocenters. The first-order chi connectivity index (χ1) is 14.6. The third-order valence-electron chi connectivity index (χ3n) is 5.42. The van der Waals surface area contributed by atoms with Crippen molar-refractivity contribution in [1.29, 1.82) is 0 Å². The molecule has 1 aliphatic heterocycles. The third-order valence-corrected chi connectivity index (χ3v) is 5.42. The average molecular weight is 406 g/mol. The molecule has 1 amide bonds. The van der Waals surface area contributed by atoms with Crippen molar-refractivity contribution in [2.75, 3.05) is 31.6 Å². The summed E-state index contributed by atoms with van der Waals surface area (Å²) in [5.74, 6) is 0.735. The van der Waals surface area contributed by atoms with E-state index in [1.165, 1.54) is 0 Å². The van der Waals surface area contributed by atoms with Crippen molar-refractivity contribution in [2.45, 2.75) is 26.3 Å². The number of aryl methyl sites for hydroxylation is 1. The van der Waals surface area contributed by atoms with Crippen LogP contribution in [0.5, 0.6) is 0 Å². The summed E-state index contributed by atoms with van der Waals surface area (Å²) in [5.41, 5.74) is 3.90. The number of anilines is 1. The Morgan fingerprint density at radius 1 is 1.27 bits per heavy atom. The molecule has 0 saturated carbocycles. The molecule has 8 heteroatoms. The van der Waals surface area contributed by atoms with Crippen LogP contribution in [0.15, 0.2) is 42.7 Å². The van der Waals surface area contributed by atoms with E-state index >= 15 is 0 Å². The van der Waals surface area contributed by atoms with Gasteiger partial charge < -0.3 is 15.0 Å². The number of hydrogen-bond acceptors (Lipinski definition) is 6. The largest absolute Gasteiger partial charge is 0.377 e. The molecule has 156 valence electrons. The number of aromatic nitrogens is 4. The van der Waals surface area contributed by atoms with E-state index in [9.17, 15) is 4.79 Å². The van der Waals surface area contributed by atoms with Crippen molar-refractivity contribution >= 4 is 11.7 Å². The first-order valence-electron chi connectivity index (χ1n) is 10.1. The summed E-state index contributed by atoms with van der Waals surface area (Å²) in [6.07, 6.45) is 4.48. The molecule has 30 heavy (non-hydrogen) atoms. The smallest absolute Gasteiger partial charge is 0.292 e. The molecule has 3 heterocycles. The van der Waals surface area contributed by atoms with E-state index in [1.54, 1.807) is 6.20 Å². The van der Waals surface area contributed by atoms with Gasteiger partial charge in [-0.3, -0.25) is 9.89 Å². The SMILES string of the molecule is Cc1nc(C(=O)N2CCOC[C@@H]2c2ccccc2)nc(NCCc2cn[nH]c2)c1C. The lowest BCUT2D eigenvalue weighted by Gasteiger charge is -2.35. The van der Waals surface area contributed by atoms with E-state index in [-0.39, 0.29) is 17.8 Å². The van der Waals surface area contributed by atoms with Gasteiger partial charge in [0.25, 0.3) is 5.91 Å². The lowest BCUT2D eigenvalue weighted by atomic mass is 10.0. The standard InChI is InChI=1S/C22H26N6O2/c1-15-16(2)26-21(27-20(15)23-9-8-17-12-24-25-13-17)22(29)28-10-11-30-14-19(28)18-6-4-3-5-7-18/h3-7,12-13,19H,8-11,14H2,1-2H3,(H,24,25)(H,23,26,27)/t19-/m1/s1. The number of carbonyl (C=O) groups excluding carboxylic acids is 1. The molecule has 1 saturated heterocycles. The summed E-state index contributed by atoms with van der Waals surface area (Å²) in [5, 5.41) is 10.1. The molecular weight excluding hydrogens is 380 g/mol. The van der Waals surface area contributed by atoms with Gasteiger partial charge in [-0.25, -0.2) is 9.97 Å². The number of hydrogen-bond donors (Lipinski definition) is 2. The Balaban J connectivity index is 1.54. The van der Waals surface area contributed by atoms with Crippen molar-refractivity contribution in [2.24, 2.45) is 0 Å². The van der Waals surface area contributed by atoms with Gasteiger partial charge in [-0.05, 0) is 31.4 Å². The maximum absolute atomic E-state index is 13.4. The van der Waals surface area contributed by atoms with Crippen LogP contribution < -0.4 is 5.32 Å². The Hall–Kier alpha value is -3.26. The van der Waals surface area contributed by atoms with E-state index in [0.717, 1.165) is 28.8 Å². The molecule has 0 bridgehead atoms.